The second-order valence-corrected chi connectivity index (χ2v) is 5.46. The standard InChI is InChI=1S/C14H15ClN2S/c1-11-4-2-3-5-13(11)16-8-9-18-14-7-6-12(15)10-17-14/h2-7,10,16H,8-9H2,1H3. The second-order valence-electron chi connectivity index (χ2n) is 3.90. The summed E-state index contributed by atoms with van der Waals surface area (Å²) >= 11 is 7.51. The Morgan fingerprint density at radius 3 is 2.78 bits per heavy atom. The van der Waals surface area contributed by atoms with E-state index in [1.807, 2.05) is 24.3 Å². The summed E-state index contributed by atoms with van der Waals surface area (Å²) < 4.78 is 0. The van der Waals surface area contributed by atoms with Crippen molar-refractivity contribution in [2.75, 3.05) is 17.6 Å². The molecule has 18 heavy (non-hydrogen) atoms. The summed E-state index contributed by atoms with van der Waals surface area (Å²) in [4.78, 5) is 4.24. The van der Waals surface area contributed by atoms with Crippen LogP contribution < -0.4 is 5.32 Å². The number of hydrogen-bond acceptors (Lipinski definition) is 3. The van der Waals surface area contributed by atoms with Crippen LogP contribution in [0.4, 0.5) is 5.69 Å². The van der Waals surface area contributed by atoms with Crippen molar-refractivity contribution in [2.24, 2.45) is 0 Å². The Balaban J connectivity index is 1.76. The smallest absolute Gasteiger partial charge is 0.0961 e. The number of para-hydroxylation sites is 1. The van der Waals surface area contributed by atoms with Crippen molar-refractivity contribution in [3.05, 3.63) is 53.2 Å². The first-order valence-electron chi connectivity index (χ1n) is 5.79. The van der Waals surface area contributed by atoms with Crippen molar-refractivity contribution in [3.8, 4) is 0 Å². The maximum atomic E-state index is 5.79. The highest BCUT2D eigenvalue weighted by Crippen LogP contribution is 2.18. The van der Waals surface area contributed by atoms with E-state index < -0.39 is 0 Å². The number of hydrogen-bond donors (Lipinski definition) is 1. The minimum absolute atomic E-state index is 0.678. The number of aromatic nitrogens is 1. The van der Waals surface area contributed by atoms with Crippen LogP contribution in [0, 0.1) is 6.92 Å². The lowest BCUT2D eigenvalue weighted by Gasteiger charge is -2.08. The van der Waals surface area contributed by atoms with Gasteiger partial charge in [-0.2, -0.15) is 0 Å². The minimum atomic E-state index is 0.678. The molecule has 0 aliphatic heterocycles. The van der Waals surface area contributed by atoms with E-state index in [1.165, 1.54) is 11.3 Å². The average Bonchev–Trinajstić information content (AvgIpc) is 2.39. The maximum absolute atomic E-state index is 5.79. The van der Waals surface area contributed by atoms with Crippen LogP contribution >= 0.6 is 23.4 Å². The third kappa shape index (κ3) is 3.93. The minimum Gasteiger partial charge on any atom is -0.384 e. The van der Waals surface area contributed by atoms with Gasteiger partial charge in [-0.3, -0.25) is 0 Å². The van der Waals surface area contributed by atoms with E-state index in [2.05, 4.69) is 29.4 Å². The first kappa shape index (κ1) is 13.2. The Hall–Kier alpha value is -1.19. The van der Waals surface area contributed by atoms with E-state index >= 15 is 0 Å². The van der Waals surface area contributed by atoms with Crippen molar-refractivity contribution in [3.63, 3.8) is 0 Å². The number of benzene rings is 1. The molecule has 0 aliphatic rings. The number of anilines is 1. The molecule has 94 valence electrons. The molecule has 2 rings (SSSR count). The summed E-state index contributed by atoms with van der Waals surface area (Å²) in [6, 6.07) is 12.1. The molecule has 0 saturated heterocycles. The highest BCUT2D eigenvalue weighted by molar-refractivity contribution is 7.99. The van der Waals surface area contributed by atoms with Crippen LogP contribution in [0.15, 0.2) is 47.6 Å². The van der Waals surface area contributed by atoms with Crippen LogP contribution in [0.1, 0.15) is 5.56 Å². The Morgan fingerprint density at radius 1 is 1.22 bits per heavy atom. The molecule has 2 nitrogen and oxygen atoms in total. The summed E-state index contributed by atoms with van der Waals surface area (Å²) in [6.45, 7) is 3.02. The van der Waals surface area contributed by atoms with Gasteiger partial charge in [-0.05, 0) is 30.7 Å². The summed E-state index contributed by atoms with van der Waals surface area (Å²) in [5, 5.41) is 5.10. The zero-order valence-corrected chi connectivity index (χ0v) is 11.8. The van der Waals surface area contributed by atoms with Gasteiger partial charge in [-0.1, -0.05) is 29.8 Å². The molecule has 0 spiro atoms. The molecular formula is C14H15ClN2S. The van der Waals surface area contributed by atoms with Gasteiger partial charge < -0.3 is 5.32 Å². The molecule has 4 heteroatoms. The lowest BCUT2D eigenvalue weighted by molar-refractivity contribution is 1.12. The van der Waals surface area contributed by atoms with Gasteiger partial charge >= 0.3 is 0 Å². The highest BCUT2D eigenvalue weighted by atomic mass is 35.5. The number of aryl methyl sites for hydroxylation is 1. The maximum Gasteiger partial charge on any atom is 0.0961 e. The van der Waals surface area contributed by atoms with E-state index in [0.717, 1.165) is 17.3 Å². The monoisotopic (exact) mass is 278 g/mol. The molecule has 0 aliphatic carbocycles. The third-order valence-electron chi connectivity index (χ3n) is 2.51. The van der Waals surface area contributed by atoms with E-state index in [-0.39, 0.29) is 0 Å². The molecule has 1 N–H and O–H groups in total. The van der Waals surface area contributed by atoms with Gasteiger partial charge in [0.05, 0.1) is 10.0 Å². The molecule has 0 saturated carbocycles. The topological polar surface area (TPSA) is 24.9 Å². The lowest BCUT2D eigenvalue weighted by atomic mass is 10.2. The summed E-state index contributed by atoms with van der Waals surface area (Å²) in [7, 11) is 0. The Kier molecular flexibility index (Phi) is 4.90. The van der Waals surface area contributed by atoms with Crippen LogP contribution in [0.2, 0.25) is 5.02 Å². The molecule has 2 aromatic rings. The van der Waals surface area contributed by atoms with Gasteiger partial charge in [0.1, 0.15) is 0 Å². The number of nitrogens with one attached hydrogen (secondary N) is 1. The summed E-state index contributed by atoms with van der Waals surface area (Å²) in [6.07, 6.45) is 1.68. The molecule has 1 aromatic heterocycles. The Morgan fingerprint density at radius 2 is 2.06 bits per heavy atom. The molecule has 0 fully saturated rings. The number of rotatable bonds is 5. The van der Waals surface area contributed by atoms with Crippen molar-refractivity contribution in [1.29, 1.82) is 0 Å². The molecular weight excluding hydrogens is 264 g/mol. The third-order valence-corrected chi connectivity index (χ3v) is 3.68. The SMILES string of the molecule is Cc1ccccc1NCCSc1ccc(Cl)cn1. The molecule has 0 radical (unpaired) electrons. The van der Waals surface area contributed by atoms with Gasteiger partial charge in [0.15, 0.2) is 0 Å². The van der Waals surface area contributed by atoms with Gasteiger partial charge in [0.2, 0.25) is 0 Å². The van der Waals surface area contributed by atoms with E-state index in [4.69, 9.17) is 11.6 Å². The summed E-state index contributed by atoms with van der Waals surface area (Å²) in [5.41, 5.74) is 2.47. The van der Waals surface area contributed by atoms with Crippen LogP contribution in [0.3, 0.4) is 0 Å². The van der Waals surface area contributed by atoms with Crippen molar-refractivity contribution >= 4 is 29.1 Å². The zero-order chi connectivity index (χ0) is 12.8. The number of thioether (sulfide) groups is 1. The van der Waals surface area contributed by atoms with Crippen LogP contribution in [0.5, 0.6) is 0 Å². The van der Waals surface area contributed by atoms with Crippen LogP contribution in [0.25, 0.3) is 0 Å². The average molecular weight is 279 g/mol. The van der Waals surface area contributed by atoms with Gasteiger partial charge in [-0.15, -0.1) is 11.8 Å². The summed E-state index contributed by atoms with van der Waals surface area (Å²) in [5.74, 6) is 0.975. The molecule has 0 atom stereocenters. The molecule has 0 unspecified atom stereocenters. The van der Waals surface area contributed by atoms with Crippen LogP contribution in [-0.4, -0.2) is 17.3 Å². The van der Waals surface area contributed by atoms with Gasteiger partial charge in [-0.25, -0.2) is 4.98 Å². The fraction of sp³-hybridized carbons (Fsp3) is 0.214. The van der Waals surface area contributed by atoms with E-state index in [0.29, 0.717) is 5.02 Å². The first-order chi connectivity index (χ1) is 8.75. The molecule has 1 aromatic carbocycles. The van der Waals surface area contributed by atoms with E-state index in [9.17, 15) is 0 Å². The molecule has 0 amide bonds. The Labute approximate surface area is 117 Å². The van der Waals surface area contributed by atoms with Crippen LogP contribution in [-0.2, 0) is 0 Å². The number of halogens is 1. The van der Waals surface area contributed by atoms with E-state index in [1.54, 1.807) is 18.0 Å². The zero-order valence-electron chi connectivity index (χ0n) is 10.2. The predicted octanol–water partition coefficient (Wildman–Crippen LogP) is 4.25. The predicted molar refractivity (Wildman–Crippen MR) is 79.6 cm³/mol. The second kappa shape index (κ2) is 6.66. The Bertz CT molecular complexity index is 499. The molecule has 1 heterocycles. The first-order valence-corrected chi connectivity index (χ1v) is 7.16. The van der Waals surface area contributed by atoms with Crippen molar-refractivity contribution < 1.29 is 0 Å². The fourth-order valence-electron chi connectivity index (χ4n) is 1.56. The van der Waals surface area contributed by atoms with Crippen molar-refractivity contribution in [1.82, 2.24) is 4.98 Å². The fourth-order valence-corrected chi connectivity index (χ4v) is 2.38. The normalized spacial score (nSPS) is 10.3. The highest BCUT2D eigenvalue weighted by Gasteiger charge is 1.97. The number of pyridine rings is 1. The number of nitrogens with zero attached hydrogens (tertiary/aromatic N) is 1. The quantitative estimate of drug-likeness (QED) is 0.654. The largest absolute Gasteiger partial charge is 0.384 e. The van der Waals surface area contributed by atoms with Gasteiger partial charge in [0, 0.05) is 24.2 Å². The molecule has 0 bridgehead atoms. The van der Waals surface area contributed by atoms with Gasteiger partial charge in [0.25, 0.3) is 0 Å². The lowest BCUT2D eigenvalue weighted by Crippen LogP contribution is -2.05. The van der Waals surface area contributed by atoms with Crippen molar-refractivity contribution in [2.45, 2.75) is 11.9 Å².